The van der Waals surface area contributed by atoms with Crippen LogP contribution in [0.2, 0.25) is 0 Å². The molecule has 4 N–H and O–H groups in total. The fourth-order valence-corrected chi connectivity index (χ4v) is 2.10. The first-order valence-electron chi connectivity index (χ1n) is 5.20. The molecule has 7 nitrogen and oxygen atoms in total. The fraction of sp³-hybridized carbons (Fsp3) is 0.400. The molecule has 0 spiro atoms. The number of aryl methyl sites for hydroxylation is 1. The first-order chi connectivity index (χ1) is 8.20. The van der Waals surface area contributed by atoms with E-state index in [1.54, 1.807) is 16.8 Å². The summed E-state index contributed by atoms with van der Waals surface area (Å²) in [6, 6.07) is 3.11. The van der Waals surface area contributed by atoms with Gasteiger partial charge in [0.1, 0.15) is 6.54 Å². The van der Waals surface area contributed by atoms with E-state index in [9.17, 15) is 14.5 Å². The van der Waals surface area contributed by atoms with Gasteiger partial charge in [0.15, 0.2) is 12.4 Å². The predicted octanol–water partition coefficient (Wildman–Crippen LogP) is -0.513. The summed E-state index contributed by atoms with van der Waals surface area (Å²) in [5.41, 5.74) is 0.326. The van der Waals surface area contributed by atoms with Crippen LogP contribution in [0.25, 0.3) is 0 Å². The average molecular weight is 276 g/mol. The van der Waals surface area contributed by atoms with Crippen molar-refractivity contribution >= 4 is 13.6 Å². The summed E-state index contributed by atoms with van der Waals surface area (Å²) in [5.74, 6) is -1.94. The van der Waals surface area contributed by atoms with Gasteiger partial charge in [0.2, 0.25) is 0 Å². The highest BCUT2D eigenvalue weighted by Gasteiger charge is 2.53. The number of carbonyl (C=O) groups is 1. The highest BCUT2D eigenvalue weighted by molar-refractivity contribution is 7.54. The van der Waals surface area contributed by atoms with Gasteiger partial charge in [0, 0.05) is 18.1 Å². The Morgan fingerprint density at radius 3 is 2.56 bits per heavy atom. The van der Waals surface area contributed by atoms with Crippen LogP contribution in [0.4, 0.5) is 0 Å². The summed E-state index contributed by atoms with van der Waals surface area (Å²) in [6.45, 7) is 2.48. The Bertz CT molecular complexity index is 499. The maximum atomic E-state index is 11.1. The molecule has 0 aromatic carbocycles. The van der Waals surface area contributed by atoms with Gasteiger partial charge in [-0.3, -0.25) is 4.57 Å². The van der Waals surface area contributed by atoms with Crippen molar-refractivity contribution in [2.75, 3.05) is 0 Å². The van der Waals surface area contributed by atoms with E-state index >= 15 is 0 Å². The molecule has 0 aliphatic heterocycles. The first kappa shape index (κ1) is 14.8. The predicted molar refractivity (Wildman–Crippen MR) is 60.6 cm³/mol. The second-order valence-corrected chi connectivity index (χ2v) is 5.71. The summed E-state index contributed by atoms with van der Waals surface area (Å²) in [5, 5.41) is 15.4. The van der Waals surface area contributed by atoms with Crippen molar-refractivity contribution in [1.29, 1.82) is 0 Å². The van der Waals surface area contributed by atoms with E-state index in [1.807, 2.05) is 6.92 Å². The second kappa shape index (κ2) is 5.16. The van der Waals surface area contributed by atoms with Crippen molar-refractivity contribution in [2.45, 2.75) is 25.2 Å². The Kier molecular flexibility index (Phi) is 4.24. The standard InChI is InChI=1S/C10H14NO6P/c1-2-11-5-3-4-8(7-11)6-10(14,9(12)13)18(15,16)17/h3-5,7,14H,2,6H2,1H3,(H2-,12,13,15,16,17)/p+1. The molecule has 1 atom stereocenters. The van der Waals surface area contributed by atoms with E-state index in [0.29, 0.717) is 12.1 Å². The lowest BCUT2D eigenvalue weighted by molar-refractivity contribution is -0.694. The van der Waals surface area contributed by atoms with Gasteiger partial charge >= 0.3 is 13.6 Å². The van der Waals surface area contributed by atoms with Crippen LogP contribution in [0.3, 0.4) is 0 Å². The number of aliphatic hydroxyl groups is 1. The van der Waals surface area contributed by atoms with Gasteiger partial charge in [-0.05, 0) is 13.0 Å². The van der Waals surface area contributed by atoms with E-state index in [4.69, 9.17) is 14.9 Å². The Balaban J connectivity index is 3.12. The zero-order chi connectivity index (χ0) is 14.0. The molecule has 18 heavy (non-hydrogen) atoms. The molecule has 1 heterocycles. The Morgan fingerprint density at radius 2 is 2.11 bits per heavy atom. The van der Waals surface area contributed by atoms with Gasteiger partial charge in [0.25, 0.3) is 5.34 Å². The molecule has 0 aliphatic carbocycles. The molecule has 8 heteroatoms. The number of hydrogen-bond donors (Lipinski definition) is 4. The van der Waals surface area contributed by atoms with E-state index < -0.39 is 25.3 Å². The second-order valence-electron chi connectivity index (χ2n) is 3.89. The monoisotopic (exact) mass is 276 g/mol. The number of carboxylic acids is 1. The number of aromatic nitrogens is 1. The molecular weight excluding hydrogens is 261 g/mol. The first-order valence-corrected chi connectivity index (χ1v) is 6.81. The molecule has 1 aromatic rings. The third-order valence-corrected chi connectivity index (χ3v) is 3.87. The smallest absolute Gasteiger partial charge is 0.368 e. The van der Waals surface area contributed by atoms with Crippen molar-refractivity contribution in [3.05, 3.63) is 30.1 Å². The molecule has 1 rings (SSSR count). The van der Waals surface area contributed by atoms with Gasteiger partial charge in [-0.25, -0.2) is 9.36 Å². The highest BCUT2D eigenvalue weighted by Crippen LogP contribution is 2.50. The summed E-state index contributed by atoms with van der Waals surface area (Å²) in [7, 11) is -5.19. The molecular formula is C10H15NO6P+. The lowest BCUT2D eigenvalue weighted by Gasteiger charge is -2.23. The van der Waals surface area contributed by atoms with E-state index in [2.05, 4.69) is 0 Å². The molecule has 0 radical (unpaired) electrons. The minimum absolute atomic E-state index is 0.326. The molecule has 100 valence electrons. The number of aliphatic carboxylic acids is 1. The van der Waals surface area contributed by atoms with Crippen LogP contribution < -0.4 is 4.57 Å². The third kappa shape index (κ3) is 2.94. The van der Waals surface area contributed by atoms with Crippen LogP contribution in [0.5, 0.6) is 0 Å². The quantitative estimate of drug-likeness (QED) is 0.425. The normalized spacial score (nSPS) is 15.1. The van der Waals surface area contributed by atoms with E-state index in [-0.39, 0.29) is 0 Å². The molecule has 0 fully saturated rings. The molecule has 1 unspecified atom stereocenters. The molecule has 0 saturated carbocycles. The molecule has 0 saturated heterocycles. The number of pyridine rings is 1. The molecule has 0 aliphatic rings. The van der Waals surface area contributed by atoms with Crippen molar-refractivity contribution in [1.82, 2.24) is 0 Å². The van der Waals surface area contributed by atoms with Crippen LogP contribution in [-0.2, 0) is 22.3 Å². The highest BCUT2D eigenvalue weighted by atomic mass is 31.2. The van der Waals surface area contributed by atoms with Crippen LogP contribution in [-0.4, -0.2) is 31.3 Å². The van der Waals surface area contributed by atoms with Crippen LogP contribution in [0, 0.1) is 0 Å². The summed E-state index contributed by atoms with van der Waals surface area (Å²) in [6.07, 6.45) is 2.60. The van der Waals surface area contributed by atoms with Gasteiger partial charge in [-0.1, -0.05) is 0 Å². The maximum Gasteiger partial charge on any atom is 0.368 e. The fourth-order valence-electron chi connectivity index (χ4n) is 1.47. The summed E-state index contributed by atoms with van der Waals surface area (Å²) in [4.78, 5) is 28.8. The van der Waals surface area contributed by atoms with Crippen molar-refractivity contribution in [2.24, 2.45) is 0 Å². The molecule has 1 aromatic heterocycles. The van der Waals surface area contributed by atoms with Gasteiger partial charge in [-0.15, -0.1) is 0 Å². The number of rotatable bonds is 5. The van der Waals surface area contributed by atoms with Gasteiger partial charge in [-0.2, -0.15) is 0 Å². The summed E-state index contributed by atoms with van der Waals surface area (Å²) >= 11 is 0. The maximum absolute atomic E-state index is 11.1. The number of nitrogens with zero attached hydrogens (tertiary/aromatic N) is 1. The van der Waals surface area contributed by atoms with Crippen molar-refractivity contribution < 1.29 is 33.9 Å². The van der Waals surface area contributed by atoms with Gasteiger partial charge in [0.05, 0.1) is 0 Å². The van der Waals surface area contributed by atoms with Crippen LogP contribution >= 0.6 is 7.60 Å². The number of hydrogen-bond acceptors (Lipinski definition) is 3. The average Bonchev–Trinajstić information content (AvgIpc) is 2.27. The van der Waals surface area contributed by atoms with E-state index in [1.165, 1.54) is 12.3 Å². The topological polar surface area (TPSA) is 119 Å². The zero-order valence-electron chi connectivity index (χ0n) is 9.72. The lowest BCUT2D eigenvalue weighted by atomic mass is 10.1. The minimum atomic E-state index is -5.19. The lowest BCUT2D eigenvalue weighted by Crippen LogP contribution is -2.41. The molecule has 0 bridgehead atoms. The van der Waals surface area contributed by atoms with Gasteiger partial charge < -0.3 is 20.0 Å². The number of carboxylic acid groups (broad SMARTS) is 1. The SMILES string of the molecule is CC[n+]1cccc(CC(O)(C(=O)O)P(=O)(O)O)c1. The largest absolute Gasteiger partial charge is 0.479 e. The Morgan fingerprint density at radius 1 is 1.50 bits per heavy atom. The Labute approximate surface area is 103 Å². The van der Waals surface area contributed by atoms with Crippen LogP contribution in [0.15, 0.2) is 24.5 Å². The van der Waals surface area contributed by atoms with Crippen LogP contribution in [0.1, 0.15) is 12.5 Å². The third-order valence-electron chi connectivity index (χ3n) is 2.56. The zero-order valence-corrected chi connectivity index (χ0v) is 10.6. The van der Waals surface area contributed by atoms with E-state index in [0.717, 1.165) is 0 Å². The Hall–Kier alpha value is -1.27. The molecule has 0 amide bonds. The summed E-state index contributed by atoms with van der Waals surface area (Å²) < 4.78 is 12.8. The van der Waals surface area contributed by atoms with Crippen molar-refractivity contribution in [3.8, 4) is 0 Å². The van der Waals surface area contributed by atoms with Crippen molar-refractivity contribution in [3.63, 3.8) is 0 Å². The minimum Gasteiger partial charge on any atom is -0.479 e.